The van der Waals surface area contributed by atoms with E-state index < -0.39 is 11.7 Å². The molecule has 1 aliphatic rings. The fourth-order valence-corrected chi connectivity index (χ4v) is 2.76. The molecule has 6 nitrogen and oxygen atoms in total. The average molecular weight is 347 g/mol. The highest BCUT2D eigenvalue weighted by molar-refractivity contribution is 5.88. The lowest BCUT2D eigenvalue weighted by Crippen LogP contribution is -2.20. The number of hydrogen-bond donors (Lipinski definition) is 1. The van der Waals surface area contributed by atoms with Crippen LogP contribution in [0.25, 0.3) is 0 Å². The quantitative estimate of drug-likeness (QED) is 0.920. The van der Waals surface area contributed by atoms with Gasteiger partial charge in [0.25, 0.3) is 0 Å². The van der Waals surface area contributed by atoms with Gasteiger partial charge in [0.15, 0.2) is 0 Å². The van der Waals surface area contributed by atoms with Crippen LogP contribution < -0.4 is 10.2 Å². The van der Waals surface area contributed by atoms with E-state index in [0.29, 0.717) is 30.3 Å². The second-order valence-electron chi connectivity index (χ2n) is 6.06. The highest BCUT2D eigenvalue weighted by Gasteiger charge is 2.31. The number of anilines is 3. The molecule has 25 heavy (non-hydrogen) atoms. The molecule has 0 aromatic carbocycles. The van der Waals surface area contributed by atoms with E-state index in [9.17, 15) is 13.6 Å². The first kappa shape index (κ1) is 17.2. The predicted octanol–water partition coefficient (Wildman–Crippen LogP) is 3.20. The number of nitrogens with one attached hydrogen (secondary N) is 1. The largest absolute Gasteiger partial charge is 0.325 e. The van der Waals surface area contributed by atoms with E-state index in [1.165, 1.54) is 6.92 Å². The number of fused-ring (bicyclic) bond motifs is 1. The normalized spacial score (nSPS) is 13.7. The van der Waals surface area contributed by atoms with E-state index in [4.69, 9.17) is 0 Å². The van der Waals surface area contributed by atoms with Gasteiger partial charge in [-0.1, -0.05) is 6.92 Å². The summed E-state index contributed by atoms with van der Waals surface area (Å²) in [5.41, 5.74) is 2.35. The molecule has 0 saturated heterocycles. The van der Waals surface area contributed by atoms with E-state index in [0.717, 1.165) is 24.6 Å². The Hall–Kier alpha value is -2.64. The van der Waals surface area contributed by atoms with Gasteiger partial charge < -0.3 is 10.2 Å². The summed E-state index contributed by atoms with van der Waals surface area (Å²) >= 11 is 0. The molecule has 3 heterocycles. The monoisotopic (exact) mass is 347 g/mol. The van der Waals surface area contributed by atoms with E-state index in [2.05, 4.69) is 20.3 Å². The topological polar surface area (TPSA) is 71.0 Å². The van der Waals surface area contributed by atoms with E-state index >= 15 is 0 Å². The summed E-state index contributed by atoms with van der Waals surface area (Å²) in [5, 5.41) is 2.64. The van der Waals surface area contributed by atoms with Gasteiger partial charge in [-0.3, -0.25) is 4.79 Å². The van der Waals surface area contributed by atoms with Crippen molar-refractivity contribution < 1.29 is 13.6 Å². The molecule has 8 heteroatoms. The Morgan fingerprint density at radius 2 is 2.12 bits per heavy atom. The van der Waals surface area contributed by atoms with Crippen LogP contribution in [-0.2, 0) is 23.6 Å². The first-order chi connectivity index (χ1) is 11.8. The molecule has 0 unspecified atom stereocenters. The molecule has 0 aliphatic carbocycles. The Morgan fingerprint density at radius 3 is 2.76 bits per heavy atom. The van der Waals surface area contributed by atoms with Gasteiger partial charge in [-0.2, -0.15) is 8.78 Å². The van der Waals surface area contributed by atoms with Crippen LogP contribution in [0.5, 0.6) is 0 Å². The van der Waals surface area contributed by atoms with Crippen molar-refractivity contribution in [3.8, 4) is 0 Å². The Bertz CT molecular complexity index is 819. The highest BCUT2D eigenvalue weighted by Crippen LogP contribution is 2.36. The molecule has 0 bridgehead atoms. The third kappa shape index (κ3) is 3.57. The highest BCUT2D eigenvalue weighted by atomic mass is 19.3. The maximum absolute atomic E-state index is 13.7. The number of alkyl halides is 2. The molecule has 1 amide bonds. The van der Waals surface area contributed by atoms with Crippen LogP contribution in [0.3, 0.4) is 0 Å². The van der Waals surface area contributed by atoms with Crippen LogP contribution in [-0.4, -0.2) is 27.4 Å². The predicted molar refractivity (Wildman–Crippen MR) is 90.2 cm³/mol. The standard InChI is InChI=1S/C17H19F2N5O/c1-4-12-7-15(23-16(22-12)17(3,18)19)24-6-5-11-9-20-14(8-13(11)24)21-10(2)25/h7-9H,4-6H2,1-3H3,(H,20,21,25). The zero-order chi connectivity index (χ0) is 18.2. The molecule has 0 radical (unpaired) electrons. The number of rotatable bonds is 4. The number of halogens is 2. The van der Waals surface area contributed by atoms with Crippen LogP contribution in [0.2, 0.25) is 0 Å². The maximum Gasteiger partial charge on any atom is 0.303 e. The molecule has 0 spiro atoms. The molecule has 1 aliphatic heterocycles. The Morgan fingerprint density at radius 1 is 1.36 bits per heavy atom. The summed E-state index contributed by atoms with van der Waals surface area (Å²) in [5.74, 6) is -2.96. The molecular formula is C17H19F2N5O. The van der Waals surface area contributed by atoms with Crippen molar-refractivity contribution in [2.75, 3.05) is 16.8 Å². The Balaban J connectivity index is 2.03. The lowest BCUT2D eigenvalue weighted by atomic mass is 10.2. The summed E-state index contributed by atoms with van der Waals surface area (Å²) in [6.07, 6.45) is 2.96. The molecule has 0 saturated carbocycles. The molecular weight excluding hydrogens is 328 g/mol. The van der Waals surface area contributed by atoms with E-state index in [-0.39, 0.29) is 5.91 Å². The van der Waals surface area contributed by atoms with Gasteiger partial charge in [-0.05, 0) is 18.4 Å². The lowest BCUT2D eigenvalue weighted by molar-refractivity contribution is -0.114. The minimum Gasteiger partial charge on any atom is -0.325 e. The zero-order valence-electron chi connectivity index (χ0n) is 14.3. The SMILES string of the molecule is CCc1cc(N2CCc3cnc(NC(C)=O)cc32)nc(C(C)(F)F)n1. The molecule has 1 N–H and O–H groups in total. The minimum atomic E-state index is -3.11. The van der Waals surface area contributed by atoms with Gasteiger partial charge in [-0.15, -0.1) is 0 Å². The van der Waals surface area contributed by atoms with Crippen molar-refractivity contribution in [2.45, 2.75) is 39.5 Å². The van der Waals surface area contributed by atoms with Crippen LogP contribution in [0, 0.1) is 0 Å². The molecule has 0 atom stereocenters. The molecule has 132 valence electrons. The molecule has 2 aromatic rings. The van der Waals surface area contributed by atoms with Crippen molar-refractivity contribution in [3.63, 3.8) is 0 Å². The molecule has 0 fully saturated rings. The number of hydrogen-bond acceptors (Lipinski definition) is 5. The number of pyridine rings is 1. The van der Waals surface area contributed by atoms with Crippen molar-refractivity contribution in [1.82, 2.24) is 15.0 Å². The van der Waals surface area contributed by atoms with Gasteiger partial charge in [0, 0.05) is 44.4 Å². The zero-order valence-corrected chi connectivity index (χ0v) is 14.3. The molecule has 3 rings (SSSR count). The summed E-state index contributed by atoms with van der Waals surface area (Å²) in [6.45, 7) is 4.67. The van der Waals surface area contributed by atoms with E-state index in [1.807, 2.05) is 11.8 Å². The van der Waals surface area contributed by atoms with Crippen molar-refractivity contribution in [3.05, 3.63) is 35.4 Å². The average Bonchev–Trinajstić information content (AvgIpc) is 2.96. The summed E-state index contributed by atoms with van der Waals surface area (Å²) in [7, 11) is 0. The van der Waals surface area contributed by atoms with Crippen molar-refractivity contribution in [2.24, 2.45) is 0 Å². The number of carbonyl (C=O) groups is 1. The van der Waals surface area contributed by atoms with Crippen molar-refractivity contribution >= 4 is 23.2 Å². The van der Waals surface area contributed by atoms with Gasteiger partial charge >= 0.3 is 5.92 Å². The van der Waals surface area contributed by atoms with Gasteiger partial charge in [0.1, 0.15) is 11.6 Å². The molecule has 2 aromatic heterocycles. The Labute approximate surface area is 144 Å². The van der Waals surface area contributed by atoms with Gasteiger partial charge in [0.05, 0.1) is 5.69 Å². The first-order valence-electron chi connectivity index (χ1n) is 8.08. The van der Waals surface area contributed by atoms with Crippen molar-refractivity contribution in [1.29, 1.82) is 0 Å². The summed E-state index contributed by atoms with van der Waals surface area (Å²) < 4.78 is 27.5. The third-order valence-electron chi connectivity index (χ3n) is 3.96. The fraction of sp³-hybridized carbons (Fsp3) is 0.412. The fourth-order valence-electron chi connectivity index (χ4n) is 2.76. The number of aromatic nitrogens is 3. The maximum atomic E-state index is 13.7. The van der Waals surface area contributed by atoms with Crippen LogP contribution in [0.15, 0.2) is 18.3 Å². The summed E-state index contributed by atoms with van der Waals surface area (Å²) in [6, 6.07) is 3.46. The van der Waals surface area contributed by atoms with Crippen LogP contribution in [0.1, 0.15) is 37.9 Å². The number of amides is 1. The summed E-state index contributed by atoms with van der Waals surface area (Å²) in [4.78, 5) is 25.3. The Kier molecular flexibility index (Phi) is 4.36. The third-order valence-corrected chi connectivity index (χ3v) is 3.96. The van der Waals surface area contributed by atoms with Crippen LogP contribution in [0.4, 0.5) is 26.1 Å². The number of nitrogens with zero attached hydrogens (tertiary/aromatic N) is 4. The van der Waals surface area contributed by atoms with Gasteiger partial charge in [-0.25, -0.2) is 15.0 Å². The van der Waals surface area contributed by atoms with Gasteiger partial charge in [0.2, 0.25) is 11.7 Å². The van der Waals surface area contributed by atoms with Crippen LogP contribution >= 0.6 is 0 Å². The second-order valence-corrected chi connectivity index (χ2v) is 6.06. The number of aryl methyl sites for hydroxylation is 1. The first-order valence-corrected chi connectivity index (χ1v) is 8.08. The van der Waals surface area contributed by atoms with E-state index in [1.54, 1.807) is 18.3 Å². The second kappa shape index (κ2) is 6.34. The lowest BCUT2D eigenvalue weighted by Gasteiger charge is -2.21. The smallest absolute Gasteiger partial charge is 0.303 e. The minimum absolute atomic E-state index is 0.222. The number of carbonyl (C=O) groups excluding carboxylic acids is 1.